The Morgan fingerprint density at radius 1 is 0.857 bits per heavy atom. The third-order valence-corrected chi connectivity index (χ3v) is 8.66. The molecule has 2 fully saturated rings. The van der Waals surface area contributed by atoms with Crippen LogP contribution in [0.2, 0.25) is 0 Å². The molecule has 0 radical (unpaired) electrons. The highest BCUT2D eigenvalue weighted by Gasteiger charge is 2.39. The lowest BCUT2D eigenvalue weighted by molar-refractivity contribution is 0.696. The molecule has 14 heavy (non-hydrogen) atoms. The molecule has 2 rings (SSSR count). The summed E-state index contributed by atoms with van der Waals surface area (Å²) in [5.41, 5.74) is 3.48. The minimum Gasteiger partial charge on any atom is -0.0972 e. The van der Waals surface area contributed by atoms with Crippen molar-refractivity contribution >= 4 is 7.92 Å². The minimum absolute atomic E-state index is 0.427. The Morgan fingerprint density at radius 3 is 1.79 bits per heavy atom. The molecule has 1 heterocycles. The summed E-state index contributed by atoms with van der Waals surface area (Å²) < 4.78 is 0. The van der Waals surface area contributed by atoms with Crippen LogP contribution in [0.3, 0.4) is 0 Å². The second kappa shape index (κ2) is 4.97. The van der Waals surface area contributed by atoms with Crippen LogP contribution in [0.4, 0.5) is 0 Å². The second-order valence-corrected chi connectivity index (χ2v) is 8.17. The van der Waals surface area contributed by atoms with Crippen molar-refractivity contribution in [2.75, 3.05) is 0 Å². The van der Waals surface area contributed by atoms with Crippen LogP contribution in [0.25, 0.3) is 0 Å². The zero-order valence-electron chi connectivity index (χ0n) is 9.84. The highest BCUT2D eigenvalue weighted by atomic mass is 31.1. The van der Waals surface area contributed by atoms with Crippen molar-refractivity contribution in [2.45, 2.75) is 82.2 Å². The first-order chi connectivity index (χ1) is 6.86. The molecule has 0 aromatic carbocycles. The molecule has 2 atom stereocenters. The third-order valence-electron chi connectivity index (χ3n) is 4.37. The van der Waals surface area contributed by atoms with Crippen molar-refractivity contribution in [1.82, 2.24) is 0 Å². The fraction of sp³-hybridized carbons (Fsp3) is 1.00. The van der Waals surface area contributed by atoms with Crippen molar-refractivity contribution in [3.63, 3.8) is 0 Å². The lowest BCUT2D eigenvalue weighted by atomic mass is 10.1. The second-order valence-electron chi connectivity index (χ2n) is 5.09. The van der Waals surface area contributed by atoms with E-state index < -0.39 is 0 Å². The summed E-state index contributed by atoms with van der Waals surface area (Å²) in [6, 6.07) is 0. The first-order valence-electron chi connectivity index (χ1n) is 6.64. The van der Waals surface area contributed by atoms with Crippen molar-refractivity contribution in [1.29, 1.82) is 0 Å². The fourth-order valence-electron chi connectivity index (χ4n) is 3.61. The summed E-state index contributed by atoms with van der Waals surface area (Å²) in [6.07, 6.45) is 12.3. The predicted octanol–water partition coefficient (Wildman–Crippen LogP) is 4.76. The first-order valence-corrected chi connectivity index (χ1v) is 8.19. The van der Waals surface area contributed by atoms with Gasteiger partial charge in [-0.2, -0.15) is 0 Å². The first kappa shape index (κ1) is 10.9. The number of hydrogen-bond donors (Lipinski definition) is 0. The average Bonchev–Trinajstić information content (AvgIpc) is 2.85. The topological polar surface area (TPSA) is 0 Å². The minimum atomic E-state index is 0.427. The van der Waals surface area contributed by atoms with Gasteiger partial charge >= 0.3 is 0 Å². The van der Waals surface area contributed by atoms with Gasteiger partial charge in [0.2, 0.25) is 0 Å². The van der Waals surface area contributed by atoms with Crippen molar-refractivity contribution in [2.24, 2.45) is 0 Å². The van der Waals surface area contributed by atoms with Crippen LogP contribution in [0, 0.1) is 0 Å². The van der Waals surface area contributed by atoms with Gasteiger partial charge in [0.15, 0.2) is 0 Å². The summed E-state index contributed by atoms with van der Waals surface area (Å²) >= 11 is 0. The highest BCUT2D eigenvalue weighted by molar-refractivity contribution is 7.60. The molecule has 0 unspecified atom stereocenters. The highest BCUT2D eigenvalue weighted by Crippen LogP contribution is 2.64. The molecule has 0 aromatic heterocycles. The van der Waals surface area contributed by atoms with Crippen LogP contribution in [-0.4, -0.2) is 17.0 Å². The van der Waals surface area contributed by atoms with E-state index in [1.807, 2.05) is 0 Å². The molecule has 0 bridgehead atoms. The molecule has 1 saturated heterocycles. The van der Waals surface area contributed by atoms with Crippen molar-refractivity contribution in [3.05, 3.63) is 0 Å². The lowest BCUT2D eigenvalue weighted by Gasteiger charge is -2.30. The Balaban J connectivity index is 2.02. The van der Waals surface area contributed by atoms with Gasteiger partial charge in [-0.15, -0.1) is 0 Å². The Kier molecular flexibility index (Phi) is 3.88. The van der Waals surface area contributed by atoms with E-state index in [0.29, 0.717) is 7.92 Å². The molecule has 2 aliphatic rings. The predicted molar refractivity (Wildman–Crippen MR) is 66.6 cm³/mol. The maximum absolute atomic E-state index is 2.42. The van der Waals surface area contributed by atoms with E-state index in [1.165, 1.54) is 31.3 Å². The standard InChI is InChI=1S/C13H25P/c1-3-11-9-10-12(4-2)14(11)13-7-5-6-8-13/h11-13H,3-10H2,1-2H3/t11-,12-/m0/s1. The maximum Gasteiger partial charge on any atom is -0.0204 e. The molecule has 1 saturated carbocycles. The molecule has 0 nitrogen and oxygen atoms in total. The van der Waals surface area contributed by atoms with E-state index in [0.717, 1.165) is 11.3 Å². The van der Waals surface area contributed by atoms with Gasteiger partial charge in [-0.3, -0.25) is 0 Å². The Morgan fingerprint density at radius 2 is 1.36 bits per heavy atom. The quantitative estimate of drug-likeness (QED) is 0.591. The molecule has 0 amide bonds. The summed E-state index contributed by atoms with van der Waals surface area (Å²) in [5, 5.41) is 0. The maximum atomic E-state index is 2.42. The van der Waals surface area contributed by atoms with Crippen molar-refractivity contribution in [3.8, 4) is 0 Å². The summed E-state index contributed by atoms with van der Waals surface area (Å²) in [7, 11) is 0.427. The Hall–Kier alpha value is 0.430. The van der Waals surface area contributed by atoms with Gasteiger partial charge in [0.1, 0.15) is 0 Å². The Bertz CT molecular complexity index is 160. The van der Waals surface area contributed by atoms with E-state index in [2.05, 4.69) is 13.8 Å². The zero-order valence-corrected chi connectivity index (χ0v) is 10.7. The molecule has 0 spiro atoms. The van der Waals surface area contributed by atoms with Gasteiger partial charge in [0, 0.05) is 0 Å². The summed E-state index contributed by atoms with van der Waals surface area (Å²) in [6.45, 7) is 4.85. The van der Waals surface area contributed by atoms with Crippen LogP contribution in [0.1, 0.15) is 65.2 Å². The normalized spacial score (nSPS) is 35.6. The number of rotatable bonds is 3. The zero-order chi connectivity index (χ0) is 9.97. The van der Waals surface area contributed by atoms with Gasteiger partial charge in [0.05, 0.1) is 0 Å². The summed E-state index contributed by atoms with van der Waals surface area (Å²) in [5.74, 6) is 0. The monoisotopic (exact) mass is 212 g/mol. The van der Waals surface area contributed by atoms with Crippen molar-refractivity contribution < 1.29 is 0 Å². The molecule has 0 N–H and O–H groups in total. The molecular weight excluding hydrogens is 187 g/mol. The van der Waals surface area contributed by atoms with Gasteiger partial charge in [-0.1, -0.05) is 34.6 Å². The van der Waals surface area contributed by atoms with Crippen LogP contribution in [0.5, 0.6) is 0 Å². The smallest absolute Gasteiger partial charge is 0.0204 e. The van der Waals surface area contributed by atoms with Gasteiger partial charge in [-0.25, -0.2) is 0 Å². The van der Waals surface area contributed by atoms with E-state index >= 15 is 0 Å². The molecule has 82 valence electrons. The molecule has 0 aromatic rings. The lowest BCUT2D eigenvalue weighted by Crippen LogP contribution is -2.12. The SMILES string of the molecule is CC[C@H]1CC[C@H](CC)P1C1CCCC1. The van der Waals surface area contributed by atoms with Gasteiger partial charge in [0.25, 0.3) is 0 Å². The van der Waals surface area contributed by atoms with Crippen LogP contribution in [0.15, 0.2) is 0 Å². The van der Waals surface area contributed by atoms with Crippen LogP contribution < -0.4 is 0 Å². The van der Waals surface area contributed by atoms with E-state index in [9.17, 15) is 0 Å². The van der Waals surface area contributed by atoms with Gasteiger partial charge in [-0.05, 0) is 55.5 Å². The van der Waals surface area contributed by atoms with Gasteiger partial charge < -0.3 is 0 Å². The van der Waals surface area contributed by atoms with Crippen LogP contribution in [-0.2, 0) is 0 Å². The Labute approximate surface area is 90.6 Å². The number of hydrogen-bond acceptors (Lipinski definition) is 0. The van der Waals surface area contributed by atoms with E-state index in [1.54, 1.807) is 25.7 Å². The largest absolute Gasteiger partial charge is 0.0972 e. The average molecular weight is 212 g/mol. The third kappa shape index (κ3) is 2.01. The van der Waals surface area contributed by atoms with E-state index in [-0.39, 0.29) is 0 Å². The molecule has 1 aliphatic carbocycles. The molecule has 1 heteroatoms. The van der Waals surface area contributed by atoms with Crippen LogP contribution >= 0.6 is 7.92 Å². The molecular formula is C13H25P. The fourth-order valence-corrected chi connectivity index (χ4v) is 8.10. The summed E-state index contributed by atoms with van der Waals surface area (Å²) in [4.78, 5) is 0. The molecule has 1 aliphatic heterocycles. The van der Waals surface area contributed by atoms with E-state index in [4.69, 9.17) is 0 Å².